The zero-order valence-electron chi connectivity index (χ0n) is 22.4. The minimum absolute atomic E-state index is 0.0858. The average molecular weight is 604 g/mol. The van der Waals surface area contributed by atoms with Crippen LogP contribution in [-0.2, 0) is 27.2 Å². The van der Waals surface area contributed by atoms with Gasteiger partial charge in [0.1, 0.15) is 28.5 Å². The Labute approximate surface area is 251 Å². The van der Waals surface area contributed by atoms with Crippen LogP contribution in [0.1, 0.15) is 35.2 Å². The van der Waals surface area contributed by atoms with Crippen LogP contribution in [0.15, 0.2) is 69.6 Å². The summed E-state index contributed by atoms with van der Waals surface area (Å²) in [6, 6.07) is 15.4. The first kappa shape index (κ1) is 28.7. The summed E-state index contributed by atoms with van der Waals surface area (Å²) in [5.41, 5.74) is 10.6. The molecule has 2 N–H and O–H groups in total. The number of nitriles is 2. The van der Waals surface area contributed by atoms with Crippen LogP contribution in [0, 0.1) is 22.7 Å². The van der Waals surface area contributed by atoms with Gasteiger partial charge in [-0.1, -0.05) is 41.6 Å². The summed E-state index contributed by atoms with van der Waals surface area (Å²) in [7, 11) is 2.06. The van der Waals surface area contributed by atoms with E-state index in [4.69, 9.17) is 31.8 Å². The van der Waals surface area contributed by atoms with Crippen molar-refractivity contribution in [2.75, 3.05) is 26.0 Å². The van der Waals surface area contributed by atoms with E-state index in [-0.39, 0.29) is 35.1 Å². The number of rotatable bonds is 7. The van der Waals surface area contributed by atoms with Crippen LogP contribution >= 0.6 is 34.7 Å². The van der Waals surface area contributed by atoms with Crippen LogP contribution in [0.25, 0.3) is 10.4 Å². The summed E-state index contributed by atoms with van der Waals surface area (Å²) in [6.07, 6.45) is 0.761. The van der Waals surface area contributed by atoms with Gasteiger partial charge < -0.3 is 20.1 Å². The fraction of sp³-hybridized carbons (Fsp3) is 0.267. The largest absolute Gasteiger partial charge is 0.463 e. The van der Waals surface area contributed by atoms with E-state index in [2.05, 4.69) is 24.1 Å². The first-order valence-electron chi connectivity index (χ1n) is 12.9. The van der Waals surface area contributed by atoms with E-state index in [1.165, 1.54) is 11.8 Å². The molecule has 2 aliphatic rings. The highest BCUT2D eigenvalue weighted by atomic mass is 35.5. The first-order chi connectivity index (χ1) is 19.9. The lowest BCUT2D eigenvalue weighted by molar-refractivity contribution is -0.139. The Balaban J connectivity index is 1.60. The molecule has 0 saturated heterocycles. The monoisotopic (exact) mass is 603 g/mol. The predicted molar refractivity (Wildman–Crippen MR) is 159 cm³/mol. The number of carbonyl (C=O) groups excluding carboxylic acids is 1. The standard InChI is InChI=1S/C30H26ClN5O3S2/c1-3-38-30(37)27-23(39-28(34)19(13-32)25(27)17-6-8-18(31)9-7-17)16-41-29-20(14-33)26(24-5-4-12-40-24)21-15-36(2)11-10-22(21)35-29/h4-9,12,25H,3,10-11,15-16,34H2,1-2H3. The molecule has 2 aromatic heterocycles. The predicted octanol–water partition coefficient (Wildman–Crippen LogP) is 5.74. The van der Waals surface area contributed by atoms with E-state index in [9.17, 15) is 15.3 Å². The highest BCUT2D eigenvalue weighted by molar-refractivity contribution is 7.99. The quantitative estimate of drug-likeness (QED) is 0.266. The third-order valence-corrected chi connectivity index (χ3v) is 9.04. The minimum atomic E-state index is -0.801. The van der Waals surface area contributed by atoms with Crippen molar-refractivity contribution in [3.63, 3.8) is 0 Å². The number of halogens is 1. The summed E-state index contributed by atoms with van der Waals surface area (Å²) in [4.78, 5) is 21.5. The number of thioether (sulfide) groups is 1. The van der Waals surface area contributed by atoms with Crippen molar-refractivity contribution >= 4 is 40.7 Å². The van der Waals surface area contributed by atoms with Gasteiger partial charge in [-0.15, -0.1) is 11.3 Å². The van der Waals surface area contributed by atoms with E-state index >= 15 is 0 Å². The van der Waals surface area contributed by atoms with Gasteiger partial charge in [-0.2, -0.15) is 10.5 Å². The molecule has 208 valence electrons. The van der Waals surface area contributed by atoms with Crippen LogP contribution in [-0.4, -0.2) is 41.8 Å². The van der Waals surface area contributed by atoms with Crippen molar-refractivity contribution in [2.45, 2.75) is 30.8 Å². The zero-order chi connectivity index (χ0) is 29.1. The number of benzene rings is 1. The van der Waals surface area contributed by atoms with Crippen LogP contribution in [0.2, 0.25) is 5.02 Å². The molecule has 0 radical (unpaired) electrons. The highest BCUT2D eigenvalue weighted by Gasteiger charge is 2.38. The lowest BCUT2D eigenvalue weighted by atomic mass is 9.83. The van der Waals surface area contributed by atoms with Crippen molar-refractivity contribution in [3.8, 4) is 22.6 Å². The van der Waals surface area contributed by atoms with Gasteiger partial charge in [-0.3, -0.25) is 0 Å². The van der Waals surface area contributed by atoms with Gasteiger partial charge in [0.2, 0.25) is 5.88 Å². The molecule has 8 nitrogen and oxygen atoms in total. The Hall–Kier alpha value is -3.80. The molecule has 1 atom stereocenters. The molecule has 0 aliphatic carbocycles. The van der Waals surface area contributed by atoms with E-state index < -0.39 is 11.9 Å². The van der Waals surface area contributed by atoms with E-state index in [1.54, 1.807) is 42.5 Å². The Kier molecular flexibility index (Phi) is 8.67. The molecule has 3 aromatic rings. The third kappa shape index (κ3) is 5.70. The number of esters is 1. The molecule has 4 heterocycles. The maximum atomic E-state index is 13.4. The van der Waals surface area contributed by atoms with Crippen LogP contribution in [0.5, 0.6) is 0 Å². The van der Waals surface area contributed by atoms with Crippen molar-refractivity contribution < 1.29 is 14.3 Å². The highest BCUT2D eigenvalue weighted by Crippen LogP contribution is 2.43. The second kappa shape index (κ2) is 12.4. The van der Waals surface area contributed by atoms with E-state index in [1.807, 2.05) is 17.5 Å². The first-order valence-corrected chi connectivity index (χ1v) is 15.1. The Morgan fingerprint density at radius 2 is 2.07 bits per heavy atom. The molecule has 5 rings (SSSR count). The molecule has 2 aliphatic heterocycles. The smallest absolute Gasteiger partial charge is 0.338 e. The topological polar surface area (TPSA) is 125 Å². The minimum Gasteiger partial charge on any atom is -0.463 e. The maximum absolute atomic E-state index is 13.4. The number of pyridine rings is 1. The molecule has 0 fully saturated rings. The SMILES string of the molecule is CCOC(=O)C1=C(CSc2nc3c(c(-c4cccs4)c2C#N)CN(C)CC3)OC(N)=C(C#N)C1c1ccc(Cl)cc1. The van der Waals surface area contributed by atoms with Crippen molar-refractivity contribution in [1.29, 1.82) is 10.5 Å². The fourth-order valence-corrected chi connectivity index (χ4v) is 6.93. The molecule has 1 aromatic carbocycles. The number of nitrogens with two attached hydrogens (primary N) is 1. The number of fused-ring (bicyclic) bond motifs is 1. The lowest BCUT2D eigenvalue weighted by Gasteiger charge is -2.29. The van der Waals surface area contributed by atoms with Crippen molar-refractivity contribution in [2.24, 2.45) is 5.73 Å². The lowest BCUT2D eigenvalue weighted by Crippen LogP contribution is -2.28. The van der Waals surface area contributed by atoms with Gasteiger partial charge >= 0.3 is 5.97 Å². The van der Waals surface area contributed by atoms with Gasteiger partial charge in [-0.05, 0) is 48.7 Å². The molecular weight excluding hydrogens is 578 g/mol. The molecule has 0 amide bonds. The van der Waals surface area contributed by atoms with Gasteiger partial charge in [0.25, 0.3) is 0 Å². The van der Waals surface area contributed by atoms with Crippen LogP contribution in [0.4, 0.5) is 0 Å². The number of carbonyl (C=O) groups is 1. The zero-order valence-corrected chi connectivity index (χ0v) is 24.8. The summed E-state index contributed by atoms with van der Waals surface area (Å²) in [5.74, 6) is -1.10. The van der Waals surface area contributed by atoms with Gasteiger partial charge in [0.15, 0.2) is 0 Å². The summed E-state index contributed by atoms with van der Waals surface area (Å²) in [6.45, 7) is 3.42. The molecule has 0 spiro atoms. The summed E-state index contributed by atoms with van der Waals surface area (Å²) >= 11 is 8.99. The van der Waals surface area contributed by atoms with Crippen LogP contribution < -0.4 is 5.73 Å². The number of allylic oxidation sites excluding steroid dienone is 1. The van der Waals surface area contributed by atoms with Gasteiger partial charge in [-0.25, -0.2) is 9.78 Å². The van der Waals surface area contributed by atoms with Crippen LogP contribution in [0.3, 0.4) is 0 Å². The van der Waals surface area contributed by atoms with Gasteiger partial charge in [0, 0.05) is 40.7 Å². The number of hydrogen-bond acceptors (Lipinski definition) is 10. The number of thiophene rings is 1. The number of nitrogens with zero attached hydrogens (tertiary/aromatic N) is 4. The number of likely N-dealkylation sites (N-methyl/N-ethyl adjacent to an activating group) is 1. The molecule has 0 saturated carbocycles. The Bertz CT molecular complexity index is 1640. The average Bonchev–Trinajstić information content (AvgIpc) is 3.50. The normalized spacial score (nSPS) is 17.0. The molecule has 0 bridgehead atoms. The Morgan fingerprint density at radius 1 is 1.29 bits per heavy atom. The van der Waals surface area contributed by atoms with Gasteiger partial charge in [0.05, 0.1) is 29.4 Å². The van der Waals surface area contributed by atoms with E-state index in [0.29, 0.717) is 27.7 Å². The Morgan fingerprint density at radius 3 is 2.73 bits per heavy atom. The molecule has 11 heteroatoms. The van der Waals surface area contributed by atoms with Crippen molar-refractivity contribution in [3.05, 3.63) is 92.0 Å². The van der Waals surface area contributed by atoms with E-state index in [0.717, 1.165) is 34.7 Å². The summed E-state index contributed by atoms with van der Waals surface area (Å²) < 4.78 is 11.3. The fourth-order valence-electron chi connectivity index (χ4n) is 5.05. The third-order valence-electron chi connectivity index (χ3n) is 6.92. The maximum Gasteiger partial charge on any atom is 0.338 e. The molecular formula is C30H26ClN5O3S2. The summed E-state index contributed by atoms with van der Waals surface area (Å²) in [5, 5.41) is 23.4. The van der Waals surface area contributed by atoms with Crippen molar-refractivity contribution in [1.82, 2.24) is 9.88 Å². The number of hydrogen-bond donors (Lipinski definition) is 1. The number of aromatic nitrogens is 1. The number of ether oxygens (including phenoxy) is 2. The molecule has 41 heavy (non-hydrogen) atoms. The second-order valence-electron chi connectivity index (χ2n) is 9.49. The second-order valence-corrected chi connectivity index (χ2v) is 11.8. The molecule has 1 unspecified atom stereocenters.